The van der Waals surface area contributed by atoms with Crippen molar-refractivity contribution in [3.8, 4) is 11.4 Å². The van der Waals surface area contributed by atoms with Gasteiger partial charge in [-0.2, -0.15) is 5.10 Å². The van der Waals surface area contributed by atoms with E-state index in [1.165, 1.54) is 4.57 Å². The summed E-state index contributed by atoms with van der Waals surface area (Å²) in [4.78, 5) is 0. The number of rotatable bonds is 2. The predicted molar refractivity (Wildman–Crippen MR) is 60.9 cm³/mol. The molecule has 2 aromatic rings. The largest absolute Gasteiger partial charge is 0.297 e. The lowest BCUT2D eigenvalue weighted by Gasteiger charge is -2.09. The van der Waals surface area contributed by atoms with Crippen LogP contribution in [0.3, 0.4) is 0 Å². The molecular weight excluding hydrogens is 301 g/mol. The van der Waals surface area contributed by atoms with Crippen molar-refractivity contribution >= 4 is 12.2 Å². The average molecular weight is 307 g/mol. The number of benzene rings is 1. The van der Waals surface area contributed by atoms with Gasteiger partial charge in [0.05, 0.1) is 5.56 Å². The van der Waals surface area contributed by atoms with Gasteiger partial charge in [-0.25, -0.2) is 22.0 Å². The Kier molecular flexibility index (Phi) is 2.89. The molecule has 106 valence electrons. The minimum Gasteiger partial charge on any atom is -0.297 e. The van der Waals surface area contributed by atoms with Crippen molar-refractivity contribution in [1.82, 2.24) is 14.8 Å². The highest BCUT2D eigenvalue weighted by Gasteiger charge is 2.33. The second-order valence-corrected chi connectivity index (χ2v) is 4.79. The zero-order chi connectivity index (χ0) is 14.6. The van der Waals surface area contributed by atoms with Crippen LogP contribution in [0.4, 0.5) is 22.0 Å². The van der Waals surface area contributed by atoms with Crippen LogP contribution in [0.5, 0.6) is 0 Å². The van der Waals surface area contributed by atoms with E-state index in [-0.39, 0.29) is 16.6 Å². The van der Waals surface area contributed by atoms with E-state index in [1.807, 2.05) is 0 Å². The Morgan fingerprint density at radius 2 is 1.45 bits per heavy atom. The fourth-order valence-electron chi connectivity index (χ4n) is 1.95. The van der Waals surface area contributed by atoms with Crippen LogP contribution < -0.4 is 0 Å². The minimum atomic E-state index is -2.20. The van der Waals surface area contributed by atoms with E-state index in [0.717, 1.165) is 0 Å². The molecule has 1 N–H and O–H groups in total. The van der Waals surface area contributed by atoms with Crippen molar-refractivity contribution in [1.29, 1.82) is 0 Å². The van der Waals surface area contributed by atoms with E-state index in [0.29, 0.717) is 12.8 Å². The first-order chi connectivity index (χ1) is 9.43. The molecule has 9 heteroatoms. The van der Waals surface area contributed by atoms with E-state index in [4.69, 9.17) is 12.2 Å². The highest BCUT2D eigenvalue weighted by atomic mass is 32.1. The summed E-state index contributed by atoms with van der Waals surface area (Å²) in [5.74, 6) is -10.4. The second-order valence-electron chi connectivity index (χ2n) is 4.40. The van der Waals surface area contributed by atoms with Gasteiger partial charge in [0.15, 0.2) is 33.9 Å². The quantitative estimate of drug-likeness (QED) is 0.398. The molecule has 0 amide bonds. The van der Waals surface area contributed by atoms with Gasteiger partial charge in [-0.1, -0.05) is 0 Å². The molecule has 1 heterocycles. The summed E-state index contributed by atoms with van der Waals surface area (Å²) in [6.07, 6.45) is 1.41. The van der Waals surface area contributed by atoms with Gasteiger partial charge in [-0.05, 0) is 25.1 Å². The van der Waals surface area contributed by atoms with E-state index < -0.39 is 34.6 Å². The maximum atomic E-state index is 13.7. The third-order valence-corrected chi connectivity index (χ3v) is 3.34. The Hall–Kier alpha value is -1.77. The lowest BCUT2D eigenvalue weighted by Crippen LogP contribution is -2.08. The Balaban J connectivity index is 2.33. The molecule has 3 rings (SSSR count). The van der Waals surface area contributed by atoms with E-state index >= 15 is 0 Å². The fourth-order valence-corrected chi connectivity index (χ4v) is 2.23. The number of hydrogen-bond acceptors (Lipinski definition) is 2. The normalized spacial score (nSPS) is 14.8. The molecule has 1 saturated carbocycles. The zero-order valence-electron chi connectivity index (χ0n) is 9.68. The maximum Gasteiger partial charge on any atom is 0.200 e. The van der Waals surface area contributed by atoms with Gasteiger partial charge in [0.2, 0.25) is 5.82 Å². The first-order valence-corrected chi connectivity index (χ1v) is 6.03. The summed E-state index contributed by atoms with van der Waals surface area (Å²) in [6, 6.07) is -0.133. The summed E-state index contributed by atoms with van der Waals surface area (Å²) in [7, 11) is 0. The molecule has 1 aliphatic rings. The number of halogens is 5. The minimum absolute atomic E-state index is 0.0754. The molecule has 0 unspecified atom stereocenters. The van der Waals surface area contributed by atoms with Crippen molar-refractivity contribution in [3.63, 3.8) is 0 Å². The van der Waals surface area contributed by atoms with Crippen molar-refractivity contribution in [3.05, 3.63) is 33.9 Å². The lowest BCUT2D eigenvalue weighted by molar-refractivity contribution is 0.380. The molecule has 1 fully saturated rings. The molecule has 0 bridgehead atoms. The van der Waals surface area contributed by atoms with Gasteiger partial charge < -0.3 is 0 Å². The Labute approximate surface area is 114 Å². The van der Waals surface area contributed by atoms with Gasteiger partial charge in [0, 0.05) is 6.04 Å². The summed E-state index contributed by atoms with van der Waals surface area (Å²) in [5.41, 5.74) is -1.07. The Morgan fingerprint density at radius 1 is 0.950 bits per heavy atom. The number of nitrogens with one attached hydrogen (secondary N) is 1. The Morgan fingerprint density at radius 3 is 1.95 bits per heavy atom. The first kappa shape index (κ1) is 13.2. The van der Waals surface area contributed by atoms with Crippen LogP contribution >= 0.6 is 12.2 Å². The van der Waals surface area contributed by atoms with Crippen LogP contribution in [0.15, 0.2) is 0 Å². The molecule has 0 atom stereocenters. The van der Waals surface area contributed by atoms with Gasteiger partial charge in [0.25, 0.3) is 0 Å². The van der Waals surface area contributed by atoms with Crippen molar-refractivity contribution < 1.29 is 22.0 Å². The van der Waals surface area contributed by atoms with Crippen LogP contribution in [-0.4, -0.2) is 14.8 Å². The van der Waals surface area contributed by atoms with Gasteiger partial charge in [-0.15, -0.1) is 0 Å². The smallest absolute Gasteiger partial charge is 0.200 e. The molecular formula is C11H6F5N3S. The zero-order valence-corrected chi connectivity index (χ0v) is 10.5. The first-order valence-electron chi connectivity index (χ1n) is 5.62. The number of hydrogen-bond donors (Lipinski definition) is 1. The summed E-state index contributed by atoms with van der Waals surface area (Å²) >= 11 is 4.91. The lowest BCUT2D eigenvalue weighted by atomic mass is 10.1. The van der Waals surface area contributed by atoms with E-state index in [2.05, 4.69) is 10.2 Å². The Bertz CT molecular complexity index is 733. The van der Waals surface area contributed by atoms with Crippen molar-refractivity contribution in [2.24, 2.45) is 0 Å². The van der Waals surface area contributed by atoms with Gasteiger partial charge in [-0.3, -0.25) is 9.67 Å². The van der Waals surface area contributed by atoms with Crippen molar-refractivity contribution in [2.45, 2.75) is 18.9 Å². The monoisotopic (exact) mass is 307 g/mol. The van der Waals surface area contributed by atoms with Crippen LogP contribution in [0.25, 0.3) is 11.4 Å². The summed E-state index contributed by atoms with van der Waals surface area (Å²) < 4.78 is 68.3. The van der Waals surface area contributed by atoms with E-state index in [1.54, 1.807) is 0 Å². The maximum absolute atomic E-state index is 13.7. The second kappa shape index (κ2) is 4.37. The standard InChI is InChI=1S/C11H6F5N3S/c12-5-4(6(13)8(15)9(16)7(5)14)10-17-18-11(20)19(10)3-1-2-3/h3H,1-2H2,(H,18,20). The molecule has 0 saturated heterocycles. The van der Waals surface area contributed by atoms with E-state index in [9.17, 15) is 22.0 Å². The molecule has 1 aromatic carbocycles. The van der Waals surface area contributed by atoms with Crippen LogP contribution in [0, 0.1) is 33.9 Å². The number of nitrogens with zero attached hydrogens (tertiary/aromatic N) is 2. The summed E-state index contributed by atoms with van der Waals surface area (Å²) in [6.45, 7) is 0. The molecule has 0 aliphatic heterocycles. The fraction of sp³-hybridized carbons (Fsp3) is 0.273. The van der Waals surface area contributed by atoms with Crippen LogP contribution in [-0.2, 0) is 0 Å². The molecule has 0 radical (unpaired) electrons. The highest BCUT2D eigenvalue weighted by molar-refractivity contribution is 7.71. The van der Waals surface area contributed by atoms with Gasteiger partial charge in [0.1, 0.15) is 0 Å². The third kappa shape index (κ3) is 1.76. The topological polar surface area (TPSA) is 33.6 Å². The molecule has 20 heavy (non-hydrogen) atoms. The van der Waals surface area contributed by atoms with Crippen LogP contribution in [0.2, 0.25) is 0 Å². The predicted octanol–water partition coefficient (Wildman–Crippen LogP) is 3.64. The van der Waals surface area contributed by atoms with Crippen molar-refractivity contribution in [2.75, 3.05) is 0 Å². The highest BCUT2D eigenvalue weighted by Crippen LogP contribution is 2.39. The SMILES string of the molecule is Fc1c(F)c(F)c(-c2n[nH]c(=S)n2C2CC2)c(F)c1F. The molecule has 3 nitrogen and oxygen atoms in total. The molecule has 1 aromatic heterocycles. The molecule has 1 aliphatic carbocycles. The third-order valence-electron chi connectivity index (χ3n) is 3.05. The number of aromatic amines is 1. The number of H-pyrrole nitrogens is 1. The summed E-state index contributed by atoms with van der Waals surface area (Å²) in [5, 5.41) is 5.90. The van der Waals surface area contributed by atoms with Gasteiger partial charge >= 0.3 is 0 Å². The van der Waals surface area contributed by atoms with Crippen LogP contribution in [0.1, 0.15) is 18.9 Å². The number of aromatic nitrogens is 3. The molecule has 0 spiro atoms. The average Bonchev–Trinajstić information content (AvgIpc) is 3.19.